The van der Waals surface area contributed by atoms with Crippen LogP contribution in [0.15, 0.2) is 39.5 Å². The van der Waals surface area contributed by atoms with E-state index in [9.17, 15) is 5.11 Å². The van der Waals surface area contributed by atoms with Crippen LogP contribution >= 0.6 is 27.3 Å². The van der Waals surface area contributed by atoms with E-state index in [0.717, 1.165) is 16.5 Å². The highest BCUT2D eigenvalue weighted by atomic mass is 79.9. The van der Waals surface area contributed by atoms with Gasteiger partial charge in [-0.3, -0.25) is 0 Å². The first-order chi connectivity index (χ1) is 7.77. The van der Waals surface area contributed by atoms with Gasteiger partial charge >= 0.3 is 0 Å². The Kier molecular flexibility index (Phi) is 2.62. The molecule has 0 spiro atoms. The zero-order valence-corrected chi connectivity index (χ0v) is 11.0. The average Bonchev–Trinajstić information content (AvgIpc) is 2.66. The quantitative estimate of drug-likeness (QED) is 0.891. The molecular weight excluding hydrogens is 284 g/mol. The van der Waals surface area contributed by atoms with Gasteiger partial charge < -0.3 is 5.11 Å². The van der Waals surface area contributed by atoms with Crippen molar-refractivity contribution in [2.24, 2.45) is 0 Å². The molecule has 1 aliphatic rings. The molecule has 16 heavy (non-hydrogen) atoms. The summed E-state index contributed by atoms with van der Waals surface area (Å²) in [5.74, 6) is 0.266. The predicted octanol–water partition coefficient (Wildman–Crippen LogP) is 3.88. The van der Waals surface area contributed by atoms with Crippen molar-refractivity contribution in [3.8, 4) is 0 Å². The summed E-state index contributed by atoms with van der Waals surface area (Å²) in [5, 5.41) is 14.4. The third kappa shape index (κ3) is 1.54. The number of aliphatic hydroxyl groups is 1. The molecule has 1 N–H and O–H groups in total. The average molecular weight is 295 g/mol. The SMILES string of the molecule is OC(c1cscc1Br)C1Cc2ccccc21. The minimum Gasteiger partial charge on any atom is -0.388 e. The van der Waals surface area contributed by atoms with Crippen LogP contribution in [-0.4, -0.2) is 5.11 Å². The van der Waals surface area contributed by atoms with Gasteiger partial charge in [0.2, 0.25) is 0 Å². The van der Waals surface area contributed by atoms with Crippen molar-refractivity contribution < 1.29 is 5.11 Å². The van der Waals surface area contributed by atoms with Gasteiger partial charge in [-0.2, -0.15) is 11.3 Å². The lowest BCUT2D eigenvalue weighted by Crippen LogP contribution is -2.23. The first-order valence-electron chi connectivity index (χ1n) is 5.25. The van der Waals surface area contributed by atoms with E-state index in [2.05, 4.69) is 34.1 Å². The van der Waals surface area contributed by atoms with E-state index in [1.165, 1.54) is 11.1 Å². The lowest BCUT2D eigenvalue weighted by molar-refractivity contribution is 0.134. The molecule has 0 bridgehead atoms. The lowest BCUT2D eigenvalue weighted by atomic mass is 9.73. The van der Waals surface area contributed by atoms with Crippen LogP contribution in [0.4, 0.5) is 0 Å². The van der Waals surface area contributed by atoms with Gasteiger partial charge in [-0.05, 0) is 38.9 Å². The Morgan fingerprint density at radius 1 is 1.31 bits per heavy atom. The molecule has 0 radical (unpaired) electrons. The van der Waals surface area contributed by atoms with Crippen molar-refractivity contribution in [1.82, 2.24) is 0 Å². The molecule has 2 aromatic rings. The minimum absolute atomic E-state index is 0.266. The van der Waals surface area contributed by atoms with Crippen molar-refractivity contribution >= 4 is 27.3 Å². The van der Waals surface area contributed by atoms with E-state index >= 15 is 0 Å². The highest BCUT2D eigenvalue weighted by molar-refractivity contribution is 9.10. The van der Waals surface area contributed by atoms with Crippen molar-refractivity contribution in [2.45, 2.75) is 18.4 Å². The molecule has 1 aromatic heterocycles. The molecule has 1 nitrogen and oxygen atoms in total. The van der Waals surface area contributed by atoms with Gasteiger partial charge in [0, 0.05) is 21.3 Å². The molecule has 0 fully saturated rings. The Bertz CT molecular complexity index is 520. The molecule has 0 saturated carbocycles. The Morgan fingerprint density at radius 2 is 2.12 bits per heavy atom. The van der Waals surface area contributed by atoms with Gasteiger partial charge in [-0.25, -0.2) is 0 Å². The fourth-order valence-electron chi connectivity index (χ4n) is 2.30. The Balaban J connectivity index is 1.90. The van der Waals surface area contributed by atoms with E-state index in [0.29, 0.717) is 0 Å². The maximum atomic E-state index is 10.3. The fourth-order valence-corrected chi connectivity index (χ4v) is 3.86. The molecule has 1 aliphatic carbocycles. The number of halogens is 1. The summed E-state index contributed by atoms with van der Waals surface area (Å²) in [6.45, 7) is 0. The van der Waals surface area contributed by atoms with Gasteiger partial charge in [0.1, 0.15) is 0 Å². The number of benzene rings is 1. The summed E-state index contributed by atoms with van der Waals surface area (Å²) in [6.07, 6.45) is 0.607. The molecule has 82 valence electrons. The number of hydrogen-bond donors (Lipinski definition) is 1. The highest BCUT2D eigenvalue weighted by Gasteiger charge is 2.33. The second kappa shape index (κ2) is 3.99. The summed E-state index contributed by atoms with van der Waals surface area (Å²) in [6, 6.07) is 8.36. The summed E-state index contributed by atoms with van der Waals surface area (Å²) in [4.78, 5) is 0. The highest BCUT2D eigenvalue weighted by Crippen LogP contribution is 2.45. The molecule has 1 aromatic carbocycles. The van der Waals surface area contributed by atoms with Gasteiger partial charge in [-0.1, -0.05) is 24.3 Å². The van der Waals surface area contributed by atoms with Crippen LogP contribution in [0.3, 0.4) is 0 Å². The van der Waals surface area contributed by atoms with Gasteiger partial charge in [0.25, 0.3) is 0 Å². The molecular formula is C13H11BrOS. The van der Waals surface area contributed by atoms with Gasteiger partial charge in [0.15, 0.2) is 0 Å². The molecule has 3 heteroatoms. The van der Waals surface area contributed by atoms with Crippen LogP contribution in [0.25, 0.3) is 0 Å². The molecule has 0 amide bonds. The van der Waals surface area contributed by atoms with E-state index in [1.807, 2.05) is 16.8 Å². The molecule has 1 heterocycles. The predicted molar refractivity (Wildman–Crippen MR) is 69.9 cm³/mol. The van der Waals surface area contributed by atoms with Crippen molar-refractivity contribution in [1.29, 1.82) is 0 Å². The largest absolute Gasteiger partial charge is 0.388 e. The van der Waals surface area contributed by atoms with Gasteiger partial charge in [0.05, 0.1) is 6.10 Å². The number of aliphatic hydroxyl groups excluding tert-OH is 1. The maximum Gasteiger partial charge on any atom is 0.0880 e. The Hall–Kier alpha value is -0.640. The van der Waals surface area contributed by atoms with Crippen LogP contribution in [0, 0.1) is 0 Å². The minimum atomic E-state index is -0.379. The maximum absolute atomic E-state index is 10.3. The van der Waals surface area contributed by atoms with Gasteiger partial charge in [-0.15, -0.1) is 0 Å². The summed E-state index contributed by atoms with van der Waals surface area (Å²) in [7, 11) is 0. The number of fused-ring (bicyclic) bond motifs is 1. The molecule has 0 aliphatic heterocycles. The van der Waals surface area contributed by atoms with Crippen LogP contribution in [-0.2, 0) is 6.42 Å². The summed E-state index contributed by atoms with van der Waals surface area (Å²) >= 11 is 5.10. The Morgan fingerprint density at radius 3 is 2.81 bits per heavy atom. The Labute approximate surface area is 107 Å². The van der Waals surface area contributed by atoms with Crippen molar-refractivity contribution in [3.63, 3.8) is 0 Å². The topological polar surface area (TPSA) is 20.2 Å². The van der Waals surface area contributed by atoms with E-state index < -0.39 is 0 Å². The summed E-state index contributed by atoms with van der Waals surface area (Å²) < 4.78 is 1.02. The number of thiophene rings is 1. The molecule has 0 saturated heterocycles. The summed E-state index contributed by atoms with van der Waals surface area (Å²) in [5.41, 5.74) is 3.69. The monoisotopic (exact) mass is 294 g/mol. The van der Waals surface area contributed by atoms with E-state index in [4.69, 9.17) is 0 Å². The van der Waals surface area contributed by atoms with Crippen LogP contribution in [0.1, 0.15) is 28.7 Å². The smallest absolute Gasteiger partial charge is 0.0880 e. The van der Waals surface area contributed by atoms with E-state index in [-0.39, 0.29) is 12.0 Å². The van der Waals surface area contributed by atoms with Crippen LogP contribution in [0.5, 0.6) is 0 Å². The van der Waals surface area contributed by atoms with Crippen LogP contribution in [0.2, 0.25) is 0 Å². The van der Waals surface area contributed by atoms with E-state index in [1.54, 1.807) is 11.3 Å². The molecule has 3 rings (SSSR count). The van der Waals surface area contributed by atoms with Crippen LogP contribution < -0.4 is 0 Å². The molecule has 2 unspecified atom stereocenters. The molecule has 2 atom stereocenters. The second-order valence-electron chi connectivity index (χ2n) is 4.13. The van der Waals surface area contributed by atoms with Crippen molar-refractivity contribution in [3.05, 3.63) is 56.2 Å². The second-order valence-corrected chi connectivity index (χ2v) is 5.73. The standard InChI is InChI=1S/C13H11BrOS/c14-12-7-16-6-11(12)13(15)10-5-8-3-1-2-4-9(8)10/h1-4,6-7,10,13,15H,5H2. The van der Waals surface area contributed by atoms with Crippen molar-refractivity contribution in [2.75, 3.05) is 0 Å². The number of hydrogen-bond acceptors (Lipinski definition) is 2. The number of rotatable bonds is 2. The first kappa shape index (κ1) is 10.5. The lowest BCUT2D eigenvalue weighted by Gasteiger charge is -2.33. The fraction of sp³-hybridized carbons (Fsp3) is 0.231. The zero-order valence-electron chi connectivity index (χ0n) is 8.56. The third-order valence-corrected chi connectivity index (χ3v) is 4.99. The zero-order chi connectivity index (χ0) is 11.1. The third-order valence-electron chi connectivity index (χ3n) is 3.24. The first-order valence-corrected chi connectivity index (χ1v) is 6.98. The normalized spacial score (nSPS) is 20.0.